The Morgan fingerprint density at radius 3 is 1.89 bits per heavy atom. The Kier molecular flexibility index (Phi) is 4.69. The highest BCUT2D eigenvalue weighted by atomic mass is 19.3. The van der Waals surface area contributed by atoms with Crippen molar-refractivity contribution in [2.75, 3.05) is 0 Å². The molecule has 2 aromatic rings. The van der Waals surface area contributed by atoms with E-state index in [0.717, 1.165) is 48.2 Å². The van der Waals surface area contributed by atoms with Gasteiger partial charge in [0.05, 0.1) is 5.56 Å². The molecule has 3 rings (SSSR count). The van der Waals surface area contributed by atoms with Crippen LogP contribution in [-0.2, 0) is 16.8 Å². The van der Waals surface area contributed by atoms with Crippen molar-refractivity contribution in [3.05, 3.63) is 70.3 Å². The first-order valence-corrected chi connectivity index (χ1v) is 9.28. The van der Waals surface area contributed by atoms with E-state index in [1.807, 2.05) is 13.8 Å². The van der Waals surface area contributed by atoms with Crippen molar-refractivity contribution in [2.45, 2.75) is 57.3 Å². The molecule has 1 aliphatic rings. The van der Waals surface area contributed by atoms with Crippen LogP contribution in [0.25, 0.3) is 0 Å². The predicted molar refractivity (Wildman–Crippen MR) is 103 cm³/mol. The molecule has 2 aromatic carbocycles. The summed E-state index contributed by atoms with van der Waals surface area (Å²) < 4.78 is 30.1. The van der Waals surface area contributed by atoms with Crippen LogP contribution in [0.4, 0.5) is 8.78 Å². The molecule has 0 amide bonds. The number of rotatable bonds is 4. The molecule has 0 atom stereocenters. The first-order chi connectivity index (χ1) is 12.9. The number of carboxylic acid groups (broad SMARTS) is 1. The number of Topliss-reactive ketones (excluding diaryl/α,β-unsaturated/α-hetero) is 1. The smallest absolute Gasteiger partial charge is 0.335 e. The summed E-state index contributed by atoms with van der Waals surface area (Å²) in [5, 5.41) is 8.92. The molecule has 3 nitrogen and oxygen atoms in total. The summed E-state index contributed by atoms with van der Waals surface area (Å²) in [5.74, 6) is -6.21. The third-order valence-electron chi connectivity index (χ3n) is 5.89. The molecular formula is C23H24F2O3. The minimum Gasteiger partial charge on any atom is -0.478 e. The molecule has 5 heteroatoms. The highest BCUT2D eigenvalue weighted by Crippen LogP contribution is 2.47. The minimum absolute atomic E-state index is 0.0578. The van der Waals surface area contributed by atoms with E-state index in [9.17, 15) is 9.59 Å². The largest absolute Gasteiger partial charge is 0.478 e. The van der Waals surface area contributed by atoms with E-state index >= 15 is 8.78 Å². The molecule has 0 aliphatic heterocycles. The van der Waals surface area contributed by atoms with Gasteiger partial charge in [-0.1, -0.05) is 52.0 Å². The monoisotopic (exact) mass is 386 g/mol. The van der Waals surface area contributed by atoms with Crippen molar-refractivity contribution < 1.29 is 23.5 Å². The topological polar surface area (TPSA) is 54.4 Å². The standard InChI is InChI=1S/C23H24F2O3/c1-21(2)11-12-22(3,4)18-13-16(9-10-17(18)21)23(24,25)19(26)14-5-7-15(8-6-14)20(27)28/h5-10,13H,11-12H2,1-4H3,(H,27,28). The zero-order valence-electron chi connectivity index (χ0n) is 16.5. The summed E-state index contributed by atoms with van der Waals surface area (Å²) in [5.41, 5.74) is 0.948. The van der Waals surface area contributed by atoms with Crippen LogP contribution < -0.4 is 0 Å². The summed E-state index contributed by atoms with van der Waals surface area (Å²) in [6.07, 6.45) is 1.85. The lowest BCUT2D eigenvalue weighted by atomic mass is 9.63. The van der Waals surface area contributed by atoms with Gasteiger partial charge in [-0.15, -0.1) is 0 Å². The third-order valence-corrected chi connectivity index (χ3v) is 5.89. The minimum atomic E-state index is -3.70. The zero-order chi connectivity index (χ0) is 20.9. The number of halogens is 2. The van der Waals surface area contributed by atoms with Gasteiger partial charge in [-0.2, -0.15) is 8.78 Å². The molecule has 0 fully saturated rings. The summed E-state index contributed by atoms with van der Waals surface area (Å²) in [6, 6.07) is 9.11. The second kappa shape index (κ2) is 6.50. The second-order valence-corrected chi connectivity index (χ2v) is 8.81. The fraction of sp³-hybridized carbons (Fsp3) is 0.391. The summed E-state index contributed by atoms with van der Waals surface area (Å²) in [4.78, 5) is 23.4. The quantitative estimate of drug-likeness (QED) is 0.685. The van der Waals surface area contributed by atoms with Crippen LogP contribution in [0.3, 0.4) is 0 Å². The van der Waals surface area contributed by atoms with E-state index in [4.69, 9.17) is 5.11 Å². The number of ketones is 1. The van der Waals surface area contributed by atoms with Crippen LogP contribution in [0.5, 0.6) is 0 Å². The maximum atomic E-state index is 15.0. The Labute approximate surface area is 163 Å². The normalized spacial score (nSPS) is 17.6. The van der Waals surface area contributed by atoms with Crippen LogP contribution >= 0.6 is 0 Å². The van der Waals surface area contributed by atoms with E-state index < -0.39 is 17.7 Å². The van der Waals surface area contributed by atoms with Crippen molar-refractivity contribution in [2.24, 2.45) is 0 Å². The van der Waals surface area contributed by atoms with Gasteiger partial charge in [0.2, 0.25) is 5.78 Å². The fourth-order valence-electron chi connectivity index (χ4n) is 3.86. The van der Waals surface area contributed by atoms with E-state index in [2.05, 4.69) is 13.8 Å². The number of alkyl halides is 2. The molecule has 0 heterocycles. The van der Waals surface area contributed by atoms with Gasteiger partial charge in [0.25, 0.3) is 0 Å². The Bertz CT molecular complexity index is 941. The van der Waals surface area contributed by atoms with E-state index in [1.165, 1.54) is 12.1 Å². The number of carbonyl (C=O) groups is 2. The van der Waals surface area contributed by atoms with Crippen LogP contribution in [-0.4, -0.2) is 16.9 Å². The molecule has 0 saturated carbocycles. The van der Waals surface area contributed by atoms with Gasteiger partial charge in [-0.3, -0.25) is 4.79 Å². The third kappa shape index (κ3) is 3.34. The van der Waals surface area contributed by atoms with Gasteiger partial charge in [-0.05, 0) is 53.0 Å². The number of hydrogen-bond donors (Lipinski definition) is 1. The van der Waals surface area contributed by atoms with Crippen LogP contribution in [0.2, 0.25) is 0 Å². The zero-order valence-corrected chi connectivity index (χ0v) is 16.5. The SMILES string of the molecule is CC1(C)CCC(C)(C)c2cc(C(F)(F)C(=O)c3ccc(C(=O)O)cc3)ccc21. The molecule has 0 bridgehead atoms. The van der Waals surface area contributed by atoms with Crippen LogP contribution in [0.1, 0.15) is 77.9 Å². The van der Waals surface area contributed by atoms with E-state index in [-0.39, 0.29) is 27.5 Å². The first kappa shape index (κ1) is 20.2. The van der Waals surface area contributed by atoms with Gasteiger partial charge in [-0.25, -0.2) is 4.79 Å². The van der Waals surface area contributed by atoms with E-state index in [0.29, 0.717) is 0 Å². The number of benzene rings is 2. The molecule has 0 aromatic heterocycles. The number of carboxylic acids is 1. The number of carbonyl (C=O) groups excluding carboxylic acids is 1. The van der Waals surface area contributed by atoms with Crippen molar-refractivity contribution in [1.82, 2.24) is 0 Å². The van der Waals surface area contributed by atoms with Gasteiger partial charge >= 0.3 is 11.9 Å². The lowest BCUT2D eigenvalue weighted by Gasteiger charge is -2.42. The highest BCUT2D eigenvalue weighted by Gasteiger charge is 2.44. The summed E-state index contributed by atoms with van der Waals surface area (Å²) in [6.45, 7) is 8.28. The maximum Gasteiger partial charge on any atom is 0.335 e. The molecule has 28 heavy (non-hydrogen) atoms. The van der Waals surface area contributed by atoms with Crippen molar-refractivity contribution in [1.29, 1.82) is 0 Å². The molecule has 1 N–H and O–H groups in total. The number of hydrogen-bond acceptors (Lipinski definition) is 2. The van der Waals surface area contributed by atoms with Crippen LogP contribution in [0, 0.1) is 0 Å². The van der Waals surface area contributed by atoms with Crippen molar-refractivity contribution in [3.8, 4) is 0 Å². The maximum absolute atomic E-state index is 15.0. The first-order valence-electron chi connectivity index (χ1n) is 9.28. The van der Waals surface area contributed by atoms with Gasteiger partial charge in [0.1, 0.15) is 0 Å². The average molecular weight is 386 g/mol. The van der Waals surface area contributed by atoms with E-state index in [1.54, 1.807) is 6.07 Å². The van der Waals surface area contributed by atoms with Gasteiger partial charge < -0.3 is 5.11 Å². The Hall–Kier alpha value is -2.56. The Balaban J connectivity index is 2.02. The molecule has 1 aliphatic carbocycles. The molecule has 0 spiro atoms. The molecule has 0 unspecified atom stereocenters. The highest BCUT2D eigenvalue weighted by molar-refractivity contribution is 6.02. The van der Waals surface area contributed by atoms with Crippen LogP contribution in [0.15, 0.2) is 42.5 Å². The summed E-state index contributed by atoms with van der Waals surface area (Å²) in [7, 11) is 0. The number of fused-ring (bicyclic) bond motifs is 1. The fourth-order valence-corrected chi connectivity index (χ4v) is 3.86. The molecule has 148 valence electrons. The molecular weight excluding hydrogens is 362 g/mol. The Morgan fingerprint density at radius 2 is 1.36 bits per heavy atom. The van der Waals surface area contributed by atoms with Gasteiger partial charge in [0.15, 0.2) is 0 Å². The lowest BCUT2D eigenvalue weighted by molar-refractivity contribution is 0.00728. The van der Waals surface area contributed by atoms with Crippen molar-refractivity contribution >= 4 is 11.8 Å². The Morgan fingerprint density at radius 1 is 0.857 bits per heavy atom. The van der Waals surface area contributed by atoms with Gasteiger partial charge in [0, 0.05) is 11.1 Å². The average Bonchev–Trinajstić information content (AvgIpc) is 2.64. The second-order valence-electron chi connectivity index (χ2n) is 8.81. The number of aromatic carboxylic acids is 1. The summed E-state index contributed by atoms with van der Waals surface area (Å²) >= 11 is 0. The predicted octanol–water partition coefficient (Wildman–Crippen LogP) is 5.71. The lowest BCUT2D eigenvalue weighted by Crippen LogP contribution is -2.35. The molecule has 0 radical (unpaired) electrons. The molecule has 0 saturated heterocycles. The van der Waals surface area contributed by atoms with Crippen molar-refractivity contribution in [3.63, 3.8) is 0 Å².